The molecule has 0 fully saturated rings. The van der Waals surface area contributed by atoms with Crippen molar-refractivity contribution in [1.82, 2.24) is 10.2 Å². The van der Waals surface area contributed by atoms with Crippen molar-refractivity contribution in [2.45, 2.75) is 22.5 Å². The summed E-state index contributed by atoms with van der Waals surface area (Å²) < 4.78 is 1.74. The first kappa shape index (κ1) is 15.3. The maximum Gasteiger partial charge on any atom is 0.234 e. The van der Waals surface area contributed by atoms with E-state index in [0.717, 1.165) is 14.4 Å². The Morgan fingerprint density at radius 1 is 1.25 bits per heavy atom. The highest BCUT2D eigenvalue weighted by Crippen LogP contribution is 2.27. The third-order valence-corrected chi connectivity index (χ3v) is 5.71. The Morgan fingerprint density at radius 2 is 2.00 bits per heavy atom. The average molecular weight is 325 g/mol. The number of nitrogens with zero attached hydrogens (tertiary/aromatic N) is 2. The quantitative estimate of drug-likeness (QED) is 0.851. The molecule has 0 spiro atoms. The molecule has 0 aliphatic rings. The molecule has 1 aromatic heterocycles. The first-order valence-electron chi connectivity index (χ1n) is 5.96. The summed E-state index contributed by atoms with van der Waals surface area (Å²) >= 11 is 4.48. The van der Waals surface area contributed by atoms with E-state index in [0.29, 0.717) is 5.75 Å². The second kappa shape index (κ2) is 7.10. The Bertz CT molecular complexity index is 613. The Labute approximate surface area is 130 Å². The van der Waals surface area contributed by atoms with Crippen molar-refractivity contribution in [3.05, 3.63) is 29.3 Å². The Balaban J connectivity index is 1.87. The summed E-state index contributed by atoms with van der Waals surface area (Å²) in [6.45, 7) is 4.08. The van der Waals surface area contributed by atoms with Gasteiger partial charge in [-0.05, 0) is 43.4 Å². The lowest BCUT2D eigenvalue weighted by Gasteiger charge is -2.06. The predicted molar refractivity (Wildman–Crippen MR) is 87.0 cm³/mol. The monoisotopic (exact) mass is 325 g/mol. The van der Waals surface area contributed by atoms with E-state index in [4.69, 9.17) is 0 Å². The normalized spacial score (nSPS) is 10.6. The molecule has 106 valence electrons. The molecule has 0 unspecified atom stereocenters. The maximum atomic E-state index is 11.9. The fourth-order valence-electron chi connectivity index (χ4n) is 1.48. The van der Waals surface area contributed by atoms with Gasteiger partial charge in [0.2, 0.25) is 5.91 Å². The zero-order chi connectivity index (χ0) is 14.5. The lowest BCUT2D eigenvalue weighted by molar-refractivity contribution is -0.113. The smallest absolute Gasteiger partial charge is 0.234 e. The van der Waals surface area contributed by atoms with E-state index in [2.05, 4.69) is 22.4 Å². The van der Waals surface area contributed by atoms with Gasteiger partial charge in [-0.25, -0.2) is 0 Å². The number of rotatable bonds is 5. The van der Waals surface area contributed by atoms with Gasteiger partial charge in [0.1, 0.15) is 0 Å². The lowest BCUT2D eigenvalue weighted by Crippen LogP contribution is -2.14. The first-order valence-corrected chi connectivity index (χ1v) is 8.98. The molecule has 0 atom stereocenters. The summed E-state index contributed by atoms with van der Waals surface area (Å²) in [5, 5.41) is 10.9. The van der Waals surface area contributed by atoms with Gasteiger partial charge < -0.3 is 5.32 Å². The molecule has 1 amide bonds. The molecule has 1 N–H and O–H groups in total. The molecule has 0 bridgehead atoms. The van der Waals surface area contributed by atoms with Gasteiger partial charge in [0.05, 0.1) is 5.75 Å². The maximum absolute atomic E-state index is 11.9. The highest BCUT2D eigenvalue weighted by Gasteiger charge is 2.08. The molecular weight excluding hydrogens is 310 g/mol. The fraction of sp³-hybridized carbons (Fsp3) is 0.308. The van der Waals surface area contributed by atoms with E-state index in [1.807, 2.05) is 31.4 Å². The zero-order valence-electron chi connectivity index (χ0n) is 11.5. The minimum absolute atomic E-state index is 0.0286. The molecule has 0 saturated heterocycles. The minimum Gasteiger partial charge on any atom is -0.325 e. The van der Waals surface area contributed by atoms with Crippen LogP contribution in [-0.2, 0) is 4.79 Å². The molecule has 20 heavy (non-hydrogen) atoms. The number of hydrogen-bond acceptors (Lipinski definition) is 6. The number of anilines is 1. The van der Waals surface area contributed by atoms with Crippen molar-refractivity contribution in [1.29, 1.82) is 0 Å². The summed E-state index contributed by atoms with van der Waals surface area (Å²) in [5.74, 6) is 0.315. The van der Waals surface area contributed by atoms with Crippen LogP contribution in [0, 0.1) is 13.8 Å². The van der Waals surface area contributed by atoms with Crippen LogP contribution >= 0.6 is 34.9 Å². The van der Waals surface area contributed by atoms with Crippen molar-refractivity contribution >= 4 is 46.5 Å². The molecule has 2 rings (SSSR count). The summed E-state index contributed by atoms with van der Waals surface area (Å²) in [4.78, 5) is 11.9. The molecule has 0 saturated carbocycles. The molecule has 0 aliphatic heterocycles. The van der Waals surface area contributed by atoms with Crippen LogP contribution in [0.5, 0.6) is 0 Å². The number of thioether (sulfide) groups is 2. The molecular formula is C13H15N3OS3. The Morgan fingerprint density at radius 3 is 2.65 bits per heavy atom. The summed E-state index contributed by atoms with van der Waals surface area (Å²) in [5.41, 5.74) is 3.22. The molecule has 1 heterocycles. The average Bonchev–Trinajstić information content (AvgIpc) is 2.89. The van der Waals surface area contributed by atoms with Gasteiger partial charge in [0.15, 0.2) is 8.68 Å². The number of hydrogen-bond donors (Lipinski definition) is 1. The van der Waals surface area contributed by atoms with Crippen molar-refractivity contribution in [3.63, 3.8) is 0 Å². The molecule has 1 aromatic carbocycles. The van der Waals surface area contributed by atoms with Crippen molar-refractivity contribution < 1.29 is 4.79 Å². The van der Waals surface area contributed by atoms with Crippen LogP contribution in [0.2, 0.25) is 0 Å². The zero-order valence-corrected chi connectivity index (χ0v) is 13.9. The largest absolute Gasteiger partial charge is 0.325 e. The number of carbonyl (C=O) groups excluding carboxylic acids is 1. The SMILES string of the molecule is CSc1nnc(SCC(=O)Nc2ccc(C)c(C)c2)s1. The third kappa shape index (κ3) is 4.22. The van der Waals surface area contributed by atoms with E-state index in [1.165, 1.54) is 34.2 Å². The first-order chi connectivity index (χ1) is 9.58. The second-order valence-corrected chi connectivity index (χ2v) is 7.43. The number of amides is 1. The van der Waals surface area contributed by atoms with E-state index < -0.39 is 0 Å². The van der Waals surface area contributed by atoms with Crippen LogP contribution in [0.4, 0.5) is 5.69 Å². The number of aromatic nitrogens is 2. The summed E-state index contributed by atoms with van der Waals surface area (Å²) in [6, 6.07) is 5.91. The van der Waals surface area contributed by atoms with Crippen molar-refractivity contribution in [3.8, 4) is 0 Å². The summed E-state index contributed by atoms with van der Waals surface area (Å²) in [7, 11) is 0. The Hall–Kier alpha value is -1.05. The van der Waals surface area contributed by atoms with Crippen LogP contribution in [0.25, 0.3) is 0 Å². The number of benzene rings is 1. The van der Waals surface area contributed by atoms with E-state index >= 15 is 0 Å². The molecule has 7 heteroatoms. The number of nitrogens with one attached hydrogen (secondary N) is 1. The third-order valence-electron chi connectivity index (χ3n) is 2.68. The minimum atomic E-state index is -0.0286. The van der Waals surface area contributed by atoms with Crippen molar-refractivity contribution in [2.24, 2.45) is 0 Å². The predicted octanol–water partition coefficient (Wildman–Crippen LogP) is 3.61. The molecule has 4 nitrogen and oxygen atoms in total. The van der Waals surface area contributed by atoms with Crippen LogP contribution < -0.4 is 5.32 Å². The van der Waals surface area contributed by atoms with Gasteiger partial charge in [0, 0.05) is 5.69 Å². The molecule has 0 radical (unpaired) electrons. The van der Waals surface area contributed by atoms with Crippen LogP contribution in [0.1, 0.15) is 11.1 Å². The second-order valence-electron chi connectivity index (χ2n) is 4.17. The number of aryl methyl sites for hydroxylation is 2. The lowest BCUT2D eigenvalue weighted by atomic mass is 10.1. The van der Waals surface area contributed by atoms with E-state index in [1.54, 1.807) is 11.8 Å². The van der Waals surface area contributed by atoms with Gasteiger partial charge in [-0.3, -0.25) is 4.79 Å². The van der Waals surface area contributed by atoms with Gasteiger partial charge in [-0.1, -0.05) is 40.9 Å². The summed E-state index contributed by atoms with van der Waals surface area (Å²) in [6.07, 6.45) is 1.96. The van der Waals surface area contributed by atoms with E-state index in [-0.39, 0.29) is 5.91 Å². The highest BCUT2D eigenvalue weighted by atomic mass is 32.2. The van der Waals surface area contributed by atoms with Gasteiger partial charge in [0.25, 0.3) is 0 Å². The highest BCUT2D eigenvalue weighted by molar-refractivity contribution is 8.03. The van der Waals surface area contributed by atoms with E-state index in [9.17, 15) is 4.79 Å². The van der Waals surface area contributed by atoms with Crippen LogP contribution in [0.15, 0.2) is 26.9 Å². The van der Waals surface area contributed by atoms with Crippen LogP contribution in [0.3, 0.4) is 0 Å². The van der Waals surface area contributed by atoms with Gasteiger partial charge >= 0.3 is 0 Å². The van der Waals surface area contributed by atoms with Gasteiger partial charge in [-0.15, -0.1) is 10.2 Å². The molecule has 0 aliphatic carbocycles. The standard InChI is InChI=1S/C13H15N3OS3/c1-8-4-5-10(6-9(8)2)14-11(17)7-19-13-16-15-12(18-3)20-13/h4-6H,7H2,1-3H3,(H,14,17). The topological polar surface area (TPSA) is 54.9 Å². The Kier molecular flexibility index (Phi) is 5.45. The molecule has 2 aromatic rings. The van der Waals surface area contributed by atoms with Crippen LogP contribution in [-0.4, -0.2) is 28.1 Å². The number of carbonyl (C=O) groups is 1. The van der Waals surface area contributed by atoms with Crippen molar-refractivity contribution in [2.75, 3.05) is 17.3 Å². The fourth-order valence-corrected chi connectivity index (χ4v) is 3.72. The van der Waals surface area contributed by atoms with Gasteiger partial charge in [-0.2, -0.15) is 0 Å².